The fourth-order valence-electron chi connectivity index (χ4n) is 12.0. The summed E-state index contributed by atoms with van der Waals surface area (Å²) in [5.41, 5.74) is 18.3. The van der Waals surface area contributed by atoms with Crippen LogP contribution >= 0.6 is 0 Å². The molecule has 0 N–H and O–H groups in total. The molecule has 0 amide bonds. The van der Waals surface area contributed by atoms with E-state index in [4.69, 9.17) is 0 Å². The van der Waals surface area contributed by atoms with Crippen LogP contribution in [0.25, 0.3) is 33.4 Å². The molecule has 4 fully saturated rings. The van der Waals surface area contributed by atoms with Gasteiger partial charge in [-0.25, -0.2) is 6.08 Å². The van der Waals surface area contributed by atoms with E-state index in [1.54, 1.807) is 12.0 Å². The Morgan fingerprint density at radius 1 is 0.576 bits per heavy atom. The van der Waals surface area contributed by atoms with E-state index in [2.05, 4.69) is 219 Å². The van der Waals surface area contributed by atoms with Gasteiger partial charge in [-0.15, -0.1) is 28.8 Å². The van der Waals surface area contributed by atoms with Gasteiger partial charge in [-0.2, -0.15) is 11.6 Å². The number of allylic oxidation sites excluding steroid dienone is 4. The van der Waals surface area contributed by atoms with Crippen LogP contribution in [0.1, 0.15) is 121 Å². The number of rotatable bonds is 5. The molecule has 0 saturated heterocycles. The van der Waals surface area contributed by atoms with E-state index >= 15 is 0 Å². The molecule has 0 spiro atoms. The summed E-state index contributed by atoms with van der Waals surface area (Å²) in [5, 5.41) is 0. The Morgan fingerprint density at radius 3 is 1.52 bits per heavy atom. The van der Waals surface area contributed by atoms with Crippen molar-refractivity contribution in [3.8, 4) is 33.4 Å². The Bertz CT molecular complexity index is 2500. The number of hydrogen-bond acceptors (Lipinski definition) is 0. The van der Waals surface area contributed by atoms with Crippen LogP contribution in [0.2, 0.25) is 0 Å². The predicted octanol–water partition coefficient (Wildman–Crippen LogP) is 10.2. The van der Waals surface area contributed by atoms with Gasteiger partial charge in [0.15, 0.2) is 0 Å². The Labute approximate surface area is 425 Å². The van der Waals surface area contributed by atoms with Crippen molar-refractivity contribution >= 4 is 3.21 Å². The van der Waals surface area contributed by atoms with Crippen LogP contribution in [-0.2, 0) is 41.5 Å². The molecular weight excluding hydrogens is 919 g/mol. The summed E-state index contributed by atoms with van der Waals surface area (Å²) in [6.45, 7) is 18.7. The number of benzene rings is 6. The Hall–Kier alpha value is -3.87. The molecule has 0 aliphatic heterocycles. The Balaban J connectivity index is 0.000000164. The number of halogens is 2. The molecule has 12 rings (SSSR count). The van der Waals surface area contributed by atoms with Gasteiger partial charge in [0.05, 0.1) is 0 Å². The first kappa shape index (κ1) is 50.0. The molecular formula is C63H66Cl2Zr-2. The van der Waals surface area contributed by atoms with E-state index in [9.17, 15) is 0 Å². The predicted molar refractivity (Wildman–Crippen MR) is 268 cm³/mol. The normalized spacial score (nSPS) is 22.9. The molecule has 6 aliphatic rings. The zero-order chi connectivity index (χ0) is 44.8. The molecule has 0 heterocycles. The van der Waals surface area contributed by atoms with Crippen LogP contribution in [0.5, 0.6) is 0 Å². The second-order valence-corrected chi connectivity index (χ2v) is 23.1. The van der Waals surface area contributed by atoms with Crippen LogP contribution in [0, 0.1) is 47.1 Å². The number of fused-ring (bicyclic) bond motifs is 3. The van der Waals surface area contributed by atoms with Gasteiger partial charge < -0.3 is 24.8 Å². The fraction of sp³-hybridized carbons (Fsp3) is 0.349. The topological polar surface area (TPSA) is 0 Å². The molecule has 6 aromatic rings. The maximum absolute atomic E-state index is 3.88. The summed E-state index contributed by atoms with van der Waals surface area (Å²) >= 11 is 1.46. The summed E-state index contributed by atoms with van der Waals surface area (Å²) in [4.78, 5) is 0. The van der Waals surface area contributed by atoms with Gasteiger partial charge in [-0.1, -0.05) is 156 Å². The van der Waals surface area contributed by atoms with Crippen molar-refractivity contribution in [2.24, 2.45) is 35.0 Å². The third kappa shape index (κ3) is 10.3. The molecule has 3 heteroatoms. The second-order valence-electron chi connectivity index (χ2n) is 21.8. The first-order chi connectivity index (χ1) is 30.7. The van der Waals surface area contributed by atoms with E-state index in [0.29, 0.717) is 11.3 Å². The summed E-state index contributed by atoms with van der Waals surface area (Å²) in [6, 6.07) is 53.9. The van der Waals surface area contributed by atoms with Gasteiger partial charge in [0.2, 0.25) is 0 Å². The molecule has 0 radical (unpaired) electrons. The average Bonchev–Trinajstić information content (AvgIpc) is 3.90. The van der Waals surface area contributed by atoms with Crippen molar-refractivity contribution in [3.05, 3.63) is 203 Å². The monoisotopic (exact) mass is 982 g/mol. The van der Waals surface area contributed by atoms with Crippen molar-refractivity contribution < 1.29 is 49.0 Å². The summed E-state index contributed by atoms with van der Waals surface area (Å²) in [7, 11) is 0. The van der Waals surface area contributed by atoms with Crippen molar-refractivity contribution in [1.82, 2.24) is 0 Å². The van der Waals surface area contributed by atoms with Crippen molar-refractivity contribution in [2.45, 2.75) is 105 Å². The van der Waals surface area contributed by atoms with Gasteiger partial charge >= 0.3 is 99.2 Å². The first-order valence-corrected chi connectivity index (χ1v) is 25.3. The van der Waals surface area contributed by atoms with Crippen molar-refractivity contribution in [1.29, 1.82) is 0 Å². The first-order valence-electron chi connectivity index (χ1n) is 24.1. The van der Waals surface area contributed by atoms with Gasteiger partial charge in [-0.05, 0) is 95.3 Å². The quantitative estimate of drug-likeness (QED) is 0.151. The zero-order valence-electron chi connectivity index (χ0n) is 40.3. The van der Waals surface area contributed by atoms with Crippen LogP contribution in [-0.4, -0.2) is 3.21 Å². The van der Waals surface area contributed by atoms with Crippen LogP contribution in [0.4, 0.5) is 0 Å². The van der Waals surface area contributed by atoms with Gasteiger partial charge in [-0.3, -0.25) is 6.08 Å². The molecule has 0 aromatic heterocycles. The molecule has 6 aromatic carbocycles. The third-order valence-electron chi connectivity index (χ3n) is 15.3. The number of hydrogen-bond donors (Lipinski definition) is 0. The van der Waals surface area contributed by atoms with E-state index in [1.807, 2.05) is 0 Å². The Morgan fingerprint density at radius 2 is 1.05 bits per heavy atom. The molecule has 1 atom stereocenters. The Kier molecular flexibility index (Phi) is 15.5. The molecule has 0 nitrogen and oxygen atoms in total. The van der Waals surface area contributed by atoms with Crippen molar-refractivity contribution in [2.75, 3.05) is 0 Å². The molecule has 338 valence electrons. The second kappa shape index (κ2) is 20.4. The van der Waals surface area contributed by atoms with Crippen LogP contribution in [0.15, 0.2) is 157 Å². The van der Waals surface area contributed by atoms with E-state index in [-0.39, 0.29) is 35.6 Å². The van der Waals surface area contributed by atoms with E-state index in [1.165, 1.54) is 120 Å². The summed E-state index contributed by atoms with van der Waals surface area (Å²) in [6.07, 6.45) is 16.9. The summed E-state index contributed by atoms with van der Waals surface area (Å²) in [5.74, 6) is 4.68. The molecule has 4 saturated carbocycles. The van der Waals surface area contributed by atoms with Crippen LogP contribution in [0.3, 0.4) is 0 Å². The minimum absolute atomic E-state index is 0. The van der Waals surface area contributed by atoms with Crippen LogP contribution < -0.4 is 24.8 Å². The summed E-state index contributed by atoms with van der Waals surface area (Å²) < 4.78 is 1.42. The maximum atomic E-state index is 3.88. The third-order valence-corrected chi connectivity index (χ3v) is 16.8. The van der Waals surface area contributed by atoms with E-state index < -0.39 is 0 Å². The molecule has 1 unspecified atom stereocenters. The minimum atomic E-state index is 0. The fourth-order valence-corrected chi connectivity index (χ4v) is 12.9. The van der Waals surface area contributed by atoms with Gasteiger partial charge in [0.1, 0.15) is 0 Å². The SMILES string of the molecule is CC(C)(C)c1cc2c([c-]c1-c1ccccc1)Cc1cc(-c3ccccc3)c(C(C)(C)C)cc1-2.CC1[C-]=CC(C2(C)C3CC4CC(C3)CC2C4)=C1.[Cl-].[Cl-].[Zr+2]=[C](c1ccccc1)c1ccccc1. The average molecular weight is 985 g/mol. The van der Waals surface area contributed by atoms with Gasteiger partial charge in [0.25, 0.3) is 0 Å². The zero-order valence-corrected chi connectivity index (χ0v) is 44.3. The van der Waals surface area contributed by atoms with Gasteiger partial charge in [0, 0.05) is 0 Å². The molecule has 66 heavy (non-hydrogen) atoms. The van der Waals surface area contributed by atoms with Crippen molar-refractivity contribution in [3.63, 3.8) is 0 Å². The van der Waals surface area contributed by atoms with E-state index in [0.717, 1.165) is 30.1 Å². The molecule has 4 bridgehead atoms. The molecule has 6 aliphatic carbocycles. The standard InChI is InChI=1S/C33H33.C17H23.C13H10.2ClH.Zr/c1-32(2,3)30-20-26-24(18-28(30)22-13-9-7-10-14-22)17-25-19-29(23-15-11-8-12-16-23)31(21-27(25)26)33(4,5)6;1-11-3-4-14(5-11)17(2)15-7-12-6-13(9-15)10-16(17)8-12;1-3-7-12(8-4-1)11-13-9-5-2-6-10-13;;;/h7-16,18,20-21H,17H2,1-6H3;4-5,11-13,15-16H,6-10H2,1-2H3;1-10H;2*1H;/q2*-1;;;;+2/p-2.